The number of pyridine rings is 1. The van der Waals surface area contributed by atoms with Crippen LogP contribution in [0.25, 0.3) is 0 Å². The Hall–Kier alpha value is -1.10. The van der Waals surface area contributed by atoms with Crippen LogP contribution in [-0.2, 0) is 6.42 Å². The third-order valence-corrected chi connectivity index (χ3v) is 3.73. The lowest BCUT2D eigenvalue weighted by Crippen LogP contribution is -2.38. The first-order valence-corrected chi connectivity index (χ1v) is 6.88. The normalized spacial score (nSPS) is 12.6. The minimum Gasteiger partial charge on any atom is -0.349 e. The molecule has 0 unspecified atom stereocenters. The number of halogens is 1. The molecule has 0 bridgehead atoms. The summed E-state index contributed by atoms with van der Waals surface area (Å²) in [5.74, 6) is -0.00723. The highest BCUT2D eigenvalue weighted by molar-refractivity contribution is 9.10. The summed E-state index contributed by atoms with van der Waals surface area (Å²) < 4.78 is 0.756. The number of aryl methyl sites for hydroxylation is 1. The third-order valence-electron chi connectivity index (χ3n) is 3.03. The van der Waals surface area contributed by atoms with Crippen molar-refractivity contribution >= 4 is 21.8 Å². The van der Waals surface area contributed by atoms with Gasteiger partial charge in [0.05, 0.1) is 0 Å². The number of amides is 1. The molecule has 4 nitrogen and oxygen atoms in total. The quantitative estimate of drug-likeness (QED) is 0.896. The van der Waals surface area contributed by atoms with Crippen LogP contribution in [0.15, 0.2) is 15.3 Å². The highest BCUT2D eigenvalue weighted by atomic mass is 79.9. The Bertz CT molecular complexity index is 494. The molecule has 0 saturated carbocycles. The van der Waals surface area contributed by atoms with E-state index in [1.54, 1.807) is 6.07 Å². The Kier molecular flexibility index (Phi) is 5.14. The topological polar surface area (TPSA) is 62.0 Å². The summed E-state index contributed by atoms with van der Waals surface area (Å²) in [5.41, 5.74) is 0.600. The van der Waals surface area contributed by atoms with Crippen LogP contribution in [0.4, 0.5) is 0 Å². The molecule has 1 rings (SSSR count). The molecule has 1 atom stereocenters. The number of carbonyl (C=O) groups is 1. The van der Waals surface area contributed by atoms with Crippen LogP contribution in [0.2, 0.25) is 0 Å². The van der Waals surface area contributed by atoms with Crippen LogP contribution in [0, 0.1) is 5.92 Å². The van der Waals surface area contributed by atoms with E-state index in [1.807, 2.05) is 27.7 Å². The summed E-state index contributed by atoms with van der Waals surface area (Å²) in [6, 6.07) is 1.61. The van der Waals surface area contributed by atoms with Gasteiger partial charge in [-0.3, -0.25) is 9.59 Å². The van der Waals surface area contributed by atoms with Gasteiger partial charge in [-0.15, -0.1) is 0 Å². The molecule has 1 amide bonds. The van der Waals surface area contributed by atoms with E-state index in [4.69, 9.17) is 0 Å². The van der Waals surface area contributed by atoms with Gasteiger partial charge >= 0.3 is 0 Å². The van der Waals surface area contributed by atoms with E-state index in [2.05, 4.69) is 26.2 Å². The molecule has 0 aliphatic heterocycles. The molecule has 0 aliphatic carbocycles. The summed E-state index contributed by atoms with van der Waals surface area (Å²) in [5, 5.41) is 2.82. The molecule has 1 heterocycles. The minimum absolute atomic E-state index is 0.0292. The van der Waals surface area contributed by atoms with E-state index < -0.39 is 0 Å². The third kappa shape index (κ3) is 3.45. The van der Waals surface area contributed by atoms with Crippen molar-refractivity contribution in [3.63, 3.8) is 0 Å². The standard InChI is InChI=1S/C13H19BrN2O2/c1-5-11-10(14)6-9(13(18)16-11)12(17)15-8(4)7(2)3/h6-8H,5H2,1-4H3,(H,15,17)(H,16,18)/t8-/m1/s1. The first-order valence-electron chi connectivity index (χ1n) is 6.09. The number of hydrogen-bond acceptors (Lipinski definition) is 2. The van der Waals surface area contributed by atoms with Crippen LogP contribution in [0.1, 0.15) is 43.7 Å². The second-order valence-corrected chi connectivity index (χ2v) is 5.55. The second-order valence-electron chi connectivity index (χ2n) is 4.70. The lowest BCUT2D eigenvalue weighted by Gasteiger charge is -2.17. The molecule has 0 spiro atoms. The zero-order chi connectivity index (χ0) is 13.9. The number of H-pyrrole nitrogens is 1. The average molecular weight is 315 g/mol. The lowest BCUT2D eigenvalue weighted by molar-refractivity contribution is 0.0929. The van der Waals surface area contributed by atoms with Gasteiger partial charge < -0.3 is 10.3 Å². The van der Waals surface area contributed by atoms with Crippen molar-refractivity contribution in [3.05, 3.63) is 32.2 Å². The summed E-state index contributed by atoms with van der Waals surface area (Å²) in [4.78, 5) is 26.5. The average Bonchev–Trinajstić information content (AvgIpc) is 2.31. The Balaban J connectivity index is 3.00. The van der Waals surface area contributed by atoms with Crippen LogP contribution >= 0.6 is 15.9 Å². The Morgan fingerprint density at radius 3 is 2.56 bits per heavy atom. The van der Waals surface area contributed by atoms with Gasteiger partial charge in [-0.2, -0.15) is 0 Å². The maximum absolute atomic E-state index is 12.0. The van der Waals surface area contributed by atoms with Crippen molar-refractivity contribution < 1.29 is 4.79 Å². The number of rotatable bonds is 4. The summed E-state index contributed by atoms with van der Waals surface area (Å²) in [6.45, 7) is 7.90. The smallest absolute Gasteiger partial charge is 0.261 e. The van der Waals surface area contributed by atoms with Gasteiger partial charge in [0.25, 0.3) is 11.5 Å². The molecule has 1 aromatic heterocycles. The molecular weight excluding hydrogens is 296 g/mol. The maximum atomic E-state index is 12.0. The van der Waals surface area contributed by atoms with E-state index in [1.165, 1.54) is 0 Å². The van der Waals surface area contributed by atoms with E-state index in [0.717, 1.165) is 10.2 Å². The molecule has 18 heavy (non-hydrogen) atoms. The fourth-order valence-electron chi connectivity index (χ4n) is 1.42. The number of aromatic nitrogens is 1. The Morgan fingerprint density at radius 1 is 1.44 bits per heavy atom. The predicted octanol–water partition coefficient (Wildman–Crippen LogP) is 2.47. The Labute approximate surface area is 115 Å². The van der Waals surface area contributed by atoms with Crippen LogP contribution in [0.3, 0.4) is 0 Å². The second kappa shape index (κ2) is 6.18. The highest BCUT2D eigenvalue weighted by Gasteiger charge is 2.16. The van der Waals surface area contributed by atoms with Crippen molar-refractivity contribution in [3.8, 4) is 0 Å². The SMILES string of the molecule is CCc1[nH]c(=O)c(C(=O)N[C@H](C)C(C)C)cc1Br. The molecule has 1 aromatic rings. The minimum atomic E-state index is -0.344. The van der Waals surface area contributed by atoms with Crippen LogP contribution in [-0.4, -0.2) is 16.9 Å². The van der Waals surface area contributed by atoms with Crippen molar-refractivity contribution in [2.45, 2.75) is 40.2 Å². The van der Waals surface area contributed by atoms with Gasteiger partial charge in [0.1, 0.15) is 5.56 Å². The molecule has 100 valence electrons. The number of hydrogen-bond donors (Lipinski definition) is 2. The van der Waals surface area contributed by atoms with Crippen molar-refractivity contribution in [1.82, 2.24) is 10.3 Å². The van der Waals surface area contributed by atoms with Gasteiger partial charge in [-0.1, -0.05) is 20.8 Å². The molecule has 0 saturated heterocycles. The summed E-state index contributed by atoms with van der Waals surface area (Å²) in [6.07, 6.45) is 0.708. The Morgan fingerprint density at radius 2 is 2.06 bits per heavy atom. The zero-order valence-electron chi connectivity index (χ0n) is 11.1. The van der Waals surface area contributed by atoms with Crippen molar-refractivity contribution in [1.29, 1.82) is 0 Å². The molecule has 0 aliphatic rings. The molecule has 0 radical (unpaired) electrons. The summed E-state index contributed by atoms with van der Waals surface area (Å²) >= 11 is 3.35. The lowest BCUT2D eigenvalue weighted by atomic mass is 10.1. The van der Waals surface area contributed by atoms with Crippen LogP contribution in [0.5, 0.6) is 0 Å². The molecule has 5 heteroatoms. The van der Waals surface area contributed by atoms with Gasteiger partial charge in [-0.25, -0.2) is 0 Å². The first kappa shape index (κ1) is 15.0. The number of aromatic amines is 1. The largest absolute Gasteiger partial charge is 0.349 e. The number of nitrogens with one attached hydrogen (secondary N) is 2. The fourth-order valence-corrected chi connectivity index (χ4v) is 2.03. The molecule has 2 N–H and O–H groups in total. The van der Waals surface area contributed by atoms with E-state index in [0.29, 0.717) is 12.3 Å². The zero-order valence-corrected chi connectivity index (χ0v) is 12.7. The van der Waals surface area contributed by atoms with Crippen molar-refractivity contribution in [2.24, 2.45) is 5.92 Å². The first-order chi connectivity index (χ1) is 8.36. The van der Waals surface area contributed by atoms with Gasteiger partial charge in [0.15, 0.2) is 0 Å². The highest BCUT2D eigenvalue weighted by Crippen LogP contribution is 2.14. The number of carbonyl (C=O) groups excluding carboxylic acids is 1. The van der Waals surface area contributed by atoms with Gasteiger partial charge in [0.2, 0.25) is 0 Å². The van der Waals surface area contributed by atoms with E-state index >= 15 is 0 Å². The van der Waals surface area contributed by atoms with Crippen LogP contribution < -0.4 is 10.9 Å². The molecule has 0 fully saturated rings. The fraction of sp³-hybridized carbons (Fsp3) is 0.538. The van der Waals surface area contributed by atoms with Gasteiger partial charge in [0, 0.05) is 16.2 Å². The van der Waals surface area contributed by atoms with E-state index in [9.17, 15) is 9.59 Å². The van der Waals surface area contributed by atoms with Crippen molar-refractivity contribution in [2.75, 3.05) is 0 Å². The maximum Gasteiger partial charge on any atom is 0.261 e. The van der Waals surface area contributed by atoms with E-state index in [-0.39, 0.29) is 23.1 Å². The summed E-state index contributed by atoms with van der Waals surface area (Å²) in [7, 11) is 0. The predicted molar refractivity (Wildman–Crippen MR) is 75.9 cm³/mol. The molecule has 0 aromatic carbocycles. The monoisotopic (exact) mass is 314 g/mol. The van der Waals surface area contributed by atoms with Gasteiger partial charge in [-0.05, 0) is 41.3 Å². The molecular formula is C13H19BrN2O2.